The minimum Gasteiger partial charge on any atom is -0.506 e. The standard InChI is InChI=1S/C42H54FN7O7/c1-47(20-16-44-25-36(52)32-7-9-35(51)40-33(32)8-10-37(53)45-40)38(54)13-23-56-22-12-30-3-2-4-31(39(30)43)27-48-18-14-42(15-19-48)28-49(21-24-57-42)41(55)34-11-17-50(46-34)26-29-5-6-29/h2-4,7-11,17,29,36,44,51-52H,5-6,12-16,18-28H2,1H3,(H,45,53)/t36-/m0/s1. The number of hydrogen-bond acceptors (Lipinski definition) is 10. The maximum atomic E-state index is 15.6. The van der Waals surface area contributed by atoms with Crippen molar-refractivity contribution in [2.45, 2.75) is 63.3 Å². The first kappa shape index (κ1) is 40.5. The van der Waals surface area contributed by atoms with Gasteiger partial charge in [0, 0.05) is 82.6 Å². The van der Waals surface area contributed by atoms with Crippen molar-refractivity contribution >= 4 is 22.7 Å². The largest absolute Gasteiger partial charge is 0.506 e. The number of carbonyl (C=O) groups is 2. The molecule has 4 aromatic rings. The number of carbonyl (C=O) groups excluding carboxylic acids is 2. The lowest BCUT2D eigenvalue weighted by atomic mass is 9.89. The molecule has 1 spiro atoms. The SMILES string of the molecule is CN(CCNC[C@H](O)c1ccc(O)c2[nH]c(=O)ccc12)C(=O)CCOCCc1cccc(CN2CCC3(CC2)CN(C(=O)c2ccn(CC4CC4)n2)CCO3)c1F. The van der Waals surface area contributed by atoms with E-state index in [2.05, 4.69) is 20.3 Å². The van der Waals surface area contributed by atoms with Gasteiger partial charge in [-0.3, -0.25) is 24.0 Å². The van der Waals surface area contributed by atoms with E-state index < -0.39 is 11.7 Å². The Morgan fingerprint density at radius 1 is 1.11 bits per heavy atom. The van der Waals surface area contributed by atoms with E-state index >= 15 is 4.39 Å². The second-order valence-electron chi connectivity index (χ2n) is 15.7. The van der Waals surface area contributed by atoms with Crippen molar-refractivity contribution in [3.05, 3.63) is 93.3 Å². The number of halogens is 1. The average Bonchev–Trinajstić information content (AvgIpc) is 3.91. The van der Waals surface area contributed by atoms with Crippen LogP contribution in [0.15, 0.2) is 59.5 Å². The van der Waals surface area contributed by atoms with E-state index in [0.717, 1.165) is 32.5 Å². The number of likely N-dealkylation sites (tertiary alicyclic amines) is 1. The highest BCUT2D eigenvalue weighted by Gasteiger charge is 2.41. The fourth-order valence-electron chi connectivity index (χ4n) is 7.84. The fourth-order valence-corrected chi connectivity index (χ4v) is 7.84. The molecule has 2 aromatic heterocycles. The number of aromatic hydroxyl groups is 1. The number of aliphatic hydroxyl groups excluding tert-OH is 1. The van der Waals surface area contributed by atoms with Gasteiger partial charge in [0.1, 0.15) is 17.3 Å². The zero-order valence-corrected chi connectivity index (χ0v) is 32.6. The highest BCUT2D eigenvalue weighted by Crippen LogP contribution is 2.33. The number of H-pyrrole nitrogens is 1. The molecule has 2 saturated heterocycles. The summed E-state index contributed by atoms with van der Waals surface area (Å²) < 4.78 is 29.5. The number of aromatic amines is 1. The van der Waals surface area contributed by atoms with Gasteiger partial charge in [-0.25, -0.2) is 4.39 Å². The number of benzene rings is 2. The first-order valence-electron chi connectivity index (χ1n) is 20.1. The number of likely N-dealkylation sites (N-methyl/N-ethyl adjacent to an activating group) is 1. The van der Waals surface area contributed by atoms with Gasteiger partial charge in [0.25, 0.3) is 5.91 Å². The highest BCUT2D eigenvalue weighted by atomic mass is 19.1. The van der Waals surface area contributed by atoms with Crippen molar-refractivity contribution in [3.63, 3.8) is 0 Å². The van der Waals surface area contributed by atoms with Crippen LogP contribution in [0.25, 0.3) is 10.9 Å². The van der Waals surface area contributed by atoms with E-state index in [-0.39, 0.29) is 60.6 Å². The third kappa shape index (κ3) is 10.3. The zero-order chi connectivity index (χ0) is 39.9. The van der Waals surface area contributed by atoms with Gasteiger partial charge in [-0.2, -0.15) is 5.10 Å². The van der Waals surface area contributed by atoms with Gasteiger partial charge < -0.3 is 39.8 Å². The zero-order valence-electron chi connectivity index (χ0n) is 32.6. The highest BCUT2D eigenvalue weighted by molar-refractivity contribution is 5.92. The number of rotatable bonds is 17. The maximum Gasteiger partial charge on any atom is 0.274 e. The van der Waals surface area contributed by atoms with Crippen molar-refractivity contribution < 1.29 is 33.7 Å². The first-order valence-corrected chi connectivity index (χ1v) is 20.1. The molecule has 1 atom stereocenters. The number of amides is 2. The molecule has 7 rings (SSSR count). The Kier molecular flexibility index (Phi) is 13.0. The molecule has 1 aliphatic carbocycles. The summed E-state index contributed by atoms with van der Waals surface area (Å²) in [7, 11) is 1.71. The summed E-state index contributed by atoms with van der Waals surface area (Å²) in [4.78, 5) is 46.0. The molecule has 2 aliphatic heterocycles. The molecule has 2 aromatic carbocycles. The van der Waals surface area contributed by atoms with Gasteiger partial charge in [0.05, 0.1) is 50.0 Å². The normalized spacial score (nSPS) is 17.6. The third-order valence-electron chi connectivity index (χ3n) is 11.5. The van der Waals surface area contributed by atoms with Crippen LogP contribution in [0.2, 0.25) is 0 Å². The van der Waals surface area contributed by atoms with Crippen molar-refractivity contribution in [2.75, 3.05) is 72.7 Å². The molecule has 15 heteroatoms. The van der Waals surface area contributed by atoms with Crippen molar-refractivity contribution in [2.24, 2.45) is 5.92 Å². The van der Waals surface area contributed by atoms with E-state index in [9.17, 15) is 24.6 Å². The topological polar surface area (TPSA) is 165 Å². The minimum absolute atomic E-state index is 0.0431. The number of hydrogen-bond donors (Lipinski definition) is 4. The Balaban J connectivity index is 0.785. The summed E-state index contributed by atoms with van der Waals surface area (Å²) in [6, 6.07) is 13.3. The average molecular weight is 788 g/mol. The second kappa shape index (κ2) is 18.3. The minimum atomic E-state index is -0.891. The lowest BCUT2D eigenvalue weighted by Crippen LogP contribution is -2.58. The Bertz CT molecular complexity index is 2080. The lowest BCUT2D eigenvalue weighted by molar-refractivity contribution is -0.131. The van der Waals surface area contributed by atoms with Gasteiger partial charge in [0.2, 0.25) is 11.5 Å². The number of phenols is 1. The molecular weight excluding hydrogens is 734 g/mol. The molecule has 3 aliphatic rings. The van der Waals surface area contributed by atoms with E-state index in [1.54, 1.807) is 30.1 Å². The van der Waals surface area contributed by atoms with Crippen LogP contribution in [0.4, 0.5) is 4.39 Å². The summed E-state index contributed by atoms with van der Waals surface area (Å²) in [5.41, 5.74) is 1.81. The summed E-state index contributed by atoms with van der Waals surface area (Å²) in [5.74, 6) is 0.260. The maximum absolute atomic E-state index is 15.6. The fraction of sp³-hybridized carbons (Fsp3) is 0.524. The Labute approximate surface area is 331 Å². The Morgan fingerprint density at radius 3 is 2.72 bits per heavy atom. The number of aliphatic hydroxyl groups is 1. The van der Waals surface area contributed by atoms with Crippen molar-refractivity contribution in [1.82, 2.24) is 34.8 Å². The molecule has 0 radical (unpaired) electrons. The molecule has 0 bridgehead atoms. The van der Waals surface area contributed by atoms with Crippen molar-refractivity contribution in [1.29, 1.82) is 0 Å². The van der Waals surface area contributed by atoms with E-state index in [1.807, 2.05) is 34.0 Å². The number of aromatic nitrogens is 3. The smallest absolute Gasteiger partial charge is 0.274 e. The van der Waals surface area contributed by atoms with Crippen LogP contribution in [-0.4, -0.2) is 130 Å². The molecule has 57 heavy (non-hydrogen) atoms. The van der Waals surface area contributed by atoms with Crippen LogP contribution in [0.1, 0.15) is 65.4 Å². The molecule has 4 heterocycles. The number of ether oxygens (including phenoxy) is 2. The molecular formula is C42H54FN7O7. The van der Waals surface area contributed by atoms with Crippen LogP contribution < -0.4 is 10.9 Å². The number of fused-ring (bicyclic) bond motifs is 1. The van der Waals surface area contributed by atoms with Crippen LogP contribution in [0, 0.1) is 11.7 Å². The lowest BCUT2D eigenvalue weighted by Gasteiger charge is -2.47. The van der Waals surface area contributed by atoms with Gasteiger partial charge in [-0.1, -0.05) is 24.3 Å². The molecule has 0 unspecified atom stereocenters. The molecule has 2 amide bonds. The van der Waals surface area contributed by atoms with Gasteiger partial charge in [0.15, 0.2) is 0 Å². The molecule has 14 nitrogen and oxygen atoms in total. The number of morpholine rings is 1. The molecule has 3 fully saturated rings. The first-order chi connectivity index (χ1) is 27.6. The van der Waals surface area contributed by atoms with Crippen LogP contribution in [0.3, 0.4) is 0 Å². The predicted octanol–water partition coefficient (Wildman–Crippen LogP) is 3.22. The number of nitrogens with one attached hydrogen (secondary N) is 2. The van der Waals surface area contributed by atoms with Gasteiger partial charge >= 0.3 is 0 Å². The van der Waals surface area contributed by atoms with Gasteiger partial charge in [-0.05, 0) is 67.3 Å². The number of nitrogens with zero attached hydrogens (tertiary/aromatic N) is 5. The molecule has 4 N–H and O–H groups in total. The monoisotopic (exact) mass is 787 g/mol. The van der Waals surface area contributed by atoms with Crippen LogP contribution >= 0.6 is 0 Å². The molecule has 1 saturated carbocycles. The third-order valence-corrected chi connectivity index (χ3v) is 11.5. The predicted molar refractivity (Wildman–Crippen MR) is 211 cm³/mol. The quantitative estimate of drug-likeness (QED) is 0.117. The second-order valence-corrected chi connectivity index (χ2v) is 15.7. The van der Waals surface area contributed by atoms with E-state index in [4.69, 9.17) is 9.47 Å². The summed E-state index contributed by atoms with van der Waals surface area (Å²) in [6.07, 6.45) is 5.59. The summed E-state index contributed by atoms with van der Waals surface area (Å²) in [6.45, 7) is 6.02. The number of pyridine rings is 1. The van der Waals surface area contributed by atoms with Crippen molar-refractivity contribution in [3.8, 4) is 5.75 Å². The summed E-state index contributed by atoms with van der Waals surface area (Å²) in [5, 5.41) is 29.1. The van der Waals surface area contributed by atoms with E-state index in [0.29, 0.717) is 79.4 Å². The molecule has 306 valence electrons. The van der Waals surface area contributed by atoms with E-state index in [1.165, 1.54) is 25.0 Å². The van der Waals surface area contributed by atoms with Crippen LogP contribution in [0.5, 0.6) is 5.75 Å². The number of phenolic OH excluding ortho intramolecular Hbond substituents is 1. The number of piperidine rings is 1. The Hall–Kier alpha value is -4.67. The Morgan fingerprint density at radius 2 is 1.91 bits per heavy atom. The summed E-state index contributed by atoms with van der Waals surface area (Å²) >= 11 is 0. The van der Waals surface area contributed by atoms with Crippen LogP contribution in [-0.2, 0) is 33.8 Å². The van der Waals surface area contributed by atoms with Gasteiger partial charge in [-0.15, -0.1) is 0 Å².